The molecule has 2 aromatic rings. The van der Waals surface area contributed by atoms with Crippen LogP contribution < -0.4 is 5.73 Å². The van der Waals surface area contributed by atoms with E-state index in [9.17, 15) is 0 Å². The molecule has 1 saturated heterocycles. The summed E-state index contributed by atoms with van der Waals surface area (Å²) in [7, 11) is 0. The predicted molar refractivity (Wildman–Crippen MR) is 73.7 cm³/mol. The molecule has 0 amide bonds. The van der Waals surface area contributed by atoms with Gasteiger partial charge in [-0.05, 0) is 44.4 Å². The van der Waals surface area contributed by atoms with Crippen LogP contribution in [0.3, 0.4) is 0 Å². The summed E-state index contributed by atoms with van der Waals surface area (Å²) in [6.45, 7) is 4.81. The van der Waals surface area contributed by atoms with Gasteiger partial charge in [-0.2, -0.15) is 0 Å². The fourth-order valence-electron chi connectivity index (χ4n) is 2.67. The minimum atomic E-state index is 0.235. The molecule has 0 saturated carbocycles. The van der Waals surface area contributed by atoms with Crippen LogP contribution in [0.4, 0.5) is 0 Å². The number of aromatic nitrogens is 2. The van der Waals surface area contributed by atoms with E-state index < -0.39 is 0 Å². The molecule has 3 rings (SSSR count). The molecule has 6 nitrogen and oxygen atoms in total. The van der Waals surface area contributed by atoms with Crippen molar-refractivity contribution in [3.8, 4) is 11.7 Å². The molecular weight excluding hydrogens is 256 g/mol. The highest BCUT2D eigenvalue weighted by atomic mass is 16.4. The molecule has 2 N–H and O–H groups in total. The third-order valence-corrected chi connectivity index (χ3v) is 3.84. The first-order chi connectivity index (χ1) is 9.72. The van der Waals surface area contributed by atoms with E-state index in [2.05, 4.69) is 22.0 Å². The molecular formula is C14H20N4O2. The van der Waals surface area contributed by atoms with Crippen LogP contribution in [0.2, 0.25) is 0 Å². The second-order valence-corrected chi connectivity index (χ2v) is 5.47. The minimum absolute atomic E-state index is 0.235. The molecule has 0 spiro atoms. The molecule has 0 aliphatic carbocycles. The van der Waals surface area contributed by atoms with Crippen LogP contribution >= 0.6 is 0 Å². The van der Waals surface area contributed by atoms with Gasteiger partial charge < -0.3 is 14.6 Å². The minimum Gasteiger partial charge on any atom is -0.459 e. The number of hydrogen-bond acceptors (Lipinski definition) is 6. The predicted octanol–water partition coefficient (Wildman–Crippen LogP) is 1.89. The van der Waals surface area contributed by atoms with Gasteiger partial charge in [0.2, 0.25) is 5.89 Å². The van der Waals surface area contributed by atoms with E-state index in [1.165, 1.54) is 12.8 Å². The topological polar surface area (TPSA) is 81.3 Å². The molecule has 2 aromatic heterocycles. The van der Waals surface area contributed by atoms with Crippen molar-refractivity contribution in [2.24, 2.45) is 11.7 Å². The largest absolute Gasteiger partial charge is 0.459 e. The Morgan fingerprint density at radius 2 is 2.40 bits per heavy atom. The monoisotopic (exact) mass is 276 g/mol. The van der Waals surface area contributed by atoms with Crippen molar-refractivity contribution in [1.29, 1.82) is 0 Å². The summed E-state index contributed by atoms with van der Waals surface area (Å²) >= 11 is 0. The van der Waals surface area contributed by atoms with E-state index >= 15 is 0 Å². The van der Waals surface area contributed by atoms with Gasteiger partial charge in [0.25, 0.3) is 5.89 Å². The second-order valence-electron chi connectivity index (χ2n) is 5.47. The standard InChI is InChI=1S/C14H20N4O2/c1-10(15)11-4-2-6-18(8-11)9-13-16-17-14(20-13)12-5-3-7-19-12/h3,5,7,10-11H,2,4,6,8-9,15H2,1H3. The summed E-state index contributed by atoms with van der Waals surface area (Å²) in [5.74, 6) is 2.22. The first-order valence-electron chi connectivity index (χ1n) is 7.06. The van der Waals surface area contributed by atoms with E-state index in [0.717, 1.165) is 13.1 Å². The summed E-state index contributed by atoms with van der Waals surface area (Å²) in [5, 5.41) is 8.10. The summed E-state index contributed by atoms with van der Waals surface area (Å²) in [6.07, 6.45) is 3.97. The van der Waals surface area contributed by atoms with Gasteiger partial charge in [0.1, 0.15) is 0 Å². The van der Waals surface area contributed by atoms with Crippen LogP contribution in [0, 0.1) is 5.92 Å². The number of rotatable bonds is 4. The molecule has 2 atom stereocenters. The Balaban J connectivity index is 1.63. The Labute approximate surface area is 117 Å². The highest BCUT2D eigenvalue weighted by Gasteiger charge is 2.24. The third kappa shape index (κ3) is 2.91. The third-order valence-electron chi connectivity index (χ3n) is 3.84. The fourth-order valence-corrected chi connectivity index (χ4v) is 2.67. The van der Waals surface area contributed by atoms with Crippen LogP contribution in [0.1, 0.15) is 25.7 Å². The molecule has 0 aromatic carbocycles. The smallest absolute Gasteiger partial charge is 0.283 e. The van der Waals surface area contributed by atoms with Gasteiger partial charge in [-0.3, -0.25) is 4.90 Å². The van der Waals surface area contributed by atoms with Crippen molar-refractivity contribution in [1.82, 2.24) is 15.1 Å². The van der Waals surface area contributed by atoms with E-state index in [4.69, 9.17) is 14.6 Å². The SMILES string of the molecule is CC(N)C1CCCN(Cc2nnc(-c3ccco3)o2)C1. The van der Waals surface area contributed by atoms with Gasteiger partial charge in [0.15, 0.2) is 5.76 Å². The molecule has 0 bridgehead atoms. The highest BCUT2D eigenvalue weighted by molar-refractivity contribution is 5.42. The number of nitrogens with two attached hydrogens (primary N) is 1. The van der Waals surface area contributed by atoms with Gasteiger partial charge in [-0.1, -0.05) is 0 Å². The van der Waals surface area contributed by atoms with E-state index in [1.807, 2.05) is 6.07 Å². The zero-order valence-corrected chi connectivity index (χ0v) is 11.7. The van der Waals surface area contributed by atoms with Gasteiger partial charge in [-0.15, -0.1) is 10.2 Å². The molecule has 2 unspecified atom stereocenters. The molecule has 1 aliphatic heterocycles. The van der Waals surface area contributed by atoms with Crippen molar-refractivity contribution in [3.63, 3.8) is 0 Å². The maximum Gasteiger partial charge on any atom is 0.283 e. The van der Waals surface area contributed by atoms with Crippen molar-refractivity contribution >= 4 is 0 Å². The van der Waals surface area contributed by atoms with Crippen molar-refractivity contribution in [2.45, 2.75) is 32.4 Å². The van der Waals surface area contributed by atoms with Crippen LogP contribution in [0.15, 0.2) is 27.2 Å². The molecule has 108 valence electrons. The Hall–Kier alpha value is -1.66. The fraction of sp³-hybridized carbons (Fsp3) is 0.571. The van der Waals surface area contributed by atoms with Crippen LogP contribution in [0.5, 0.6) is 0 Å². The van der Waals surface area contributed by atoms with Crippen molar-refractivity contribution in [2.75, 3.05) is 13.1 Å². The molecule has 20 heavy (non-hydrogen) atoms. The Morgan fingerprint density at radius 3 is 3.15 bits per heavy atom. The number of nitrogens with zero attached hydrogens (tertiary/aromatic N) is 3. The lowest BCUT2D eigenvalue weighted by Crippen LogP contribution is -2.41. The maximum atomic E-state index is 6.00. The summed E-state index contributed by atoms with van der Waals surface area (Å²) in [5.41, 5.74) is 6.00. The van der Waals surface area contributed by atoms with Crippen LogP contribution in [-0.2, 0) is 6.54 Å². The number of hydrogen-bond donors (Lipinski definition) is 1. The van der Waals surface area contributed by atoms with Gasteiger partial charge in [0.05, 0.1) is 12.8 Å². The molecule has 6 heteroatoms. The summed E-state index contributed by atoms with van der Waals surface area (Å²) in [6, 6.07) is 3.85. The van der Waals surface area contributed by atoms with Gasteiger partial charge in [-0.25, -0.2) is 0 Å². The van der Waals surface area contributed by atoms with Crippen molar-refractivity contribution in [3.05, 3.63) is 24.3 Å². The Bertz CT molecular complexity index is 535. The Morgan fingerprint density at radius 1 is 1.50 bits per heavy atom. The Kier molecular flexibility index (Phi) is 3.84. The highest BCUT2D eigenvalue weighted by Crippen LogP contribution is 2.22. The number of likely N-dealkylation sites (tertiary alicyclic amines) is 1. The average Bonchev–Trinajstić information content (AvgIpc) is 3.09. The second kappa shape index (κ2) is 5.76. The van der Waals surface area contributed by atoms with E-state index in [0.29, 0.717) is 30.0 Å². The lowest BCUT2D eigenvalue weighted by molar-refractivity contribution is 0.143. The molecule has 0 radical (unpaired) electrons. The summed E-state index contributed by atoms with van der Waals surface area (Å²) < 4.78 is 10.9. The van der Waals surface area contributed by atoms with Gasteiger partial charge >= 0.3 is 0 Å². The summed E-state index contributed by atoms with van der Waals surface area (Å²) in [4.78, 5) is 2.33. The van der Waals surface area contributed by atoms with Crippen molar-refractivity contribution < 1.29 is 8.83 Å². The van der Waals surface area contributed by atoms with E-state index in [-0.39, 0.29) is 6.04 Å². The molecule has 1 fully saturated rings. The lowest BCUT2D eigenvalue weighted by atomic mass is 9.92. The zero-order chi connectivity index (χ0) is 13.9. The number of piperidine rings is 1. The van der Waals surface area contributed by atoms with Gasteiger partial charge in [0, 0.05) is 12.6 Å². The zero-order valence-electron chi connectivity index (χ0n) is 11.7. The lowest BCUT2D eigenvalue weighted by Gasteiger charge is -2.33. The van der Waals surface area contributed by atoms with Crippen LogP contribution in [0.25, 0.3) is 11.7 Å². The average molecular weight is 276 g/mol. The first kappa shape index (κ1) is 13.3. The van der Waals surface area contributed by atoms with Crippen LogP contribution in [-0.4, -0.2) is 34.2 Å². The molecule has 3 heterocycles. The maximum absolute atomic E-state index is 6.00. The normalized spacial score (nSPS) is 22.0. The number of furan rings is 1. The van der Waals surface area contributed by atoms with E-state index in [1.54, 1.807) is 12.3 Å². The quantitative estimate of drug-likeness (QED) is 0.918. The first-order valence-corrected chi connectivity index (χ1v) is 7.06. The molecule has 1 aliphatic rings.